The highest BCUT2D eigenvalue weighted by atomic mass is 16.5. The van der Waals surface area contributed by atoms with Gasteiger partial charge in [0, 0.05) is 0 Å². The minimum atomic E-state index is -0.571. The molecule has 4 heteroatoms. The molecule has 0 heterocycles. The van der Waals surface area contributed by atoms with E-state index in [9.17, 15) is 4.79 Å². The van der Waals surface area contributed by atoms with E-state index in [1.807, 2.05) is 0 Å². The third kappa shape index (κ3) is 1.56. The van der Waals surface area contributed by atoms with Crippen molar-refractivity contribution in [2.45, 2.75) is 6.92 Å². The van der Waals surface area contributed by atoms with Gasteiger partial charge in [0.15, 0.2) is 0 Å². The quantitative estimate of drug-likeness (QED) is 0.657. The third-order valence-corrected chi connectivity index (χ3v) is 1.89. The van der Waals surface area contributed by atoms with Crippen LogP contribution in [0.5, 0.6) is 5.75 Å². The van der Waals surface area contributed by atoms with E-state index in [4.69, 9.17) is 16.2 Å². The predicted octanol–water partition coefficient (Wildman–Crippen LogP) is 0.685. The van der Waals surface area contributed by atoms with Crippen molar-refractivity contribution >= 4 is 11.6 Å². The van der Waals surface area contributed by atoms with E-state index in [1.165, 1.54) is 7.11 Å². The molecule has 0 aliphatic heterocycles. The van der Waals surface area contributed by atoms with E-state index in [-0.39, 0.29) is 5.56 Å². The van der Waals surface area contributed by atoms with Crippen molar-refractivity contribution in [3.05, 3.63) is 23.3 Å². The van der Waals surface area contributed by atoms with Crippen LogP contribution >= 0.6 is 0 Å². The maximum absolute atomic E-state index is 11.0. The highest BCUT2D eigenvalue weighted by molar-refractivity contribution is 6.01. The van der Waals surface area contributed by atoms with Crippen molar-refractivity contribution in [3.8, 4) is 5.75 Å². The second kappa shape index (κ2) is 3.35. The Morgan fingerprint density at radius 2 is 2.08 bits per heavy atom. The Bertz CT molecular complexity index is 348. The van der Waals surface area contributed by atoms with Crippen LogP contribution in [0.15, 0.2) is 12.1 Å². The largest absolute Gasteiger partial charge is 0.496 e. The van der Waals surface area contributed by atoms with Crippen LogP contribution in [-0.2, 0) is 0 Å². The second-order valence-electron chi connectivity index (χ2n) is 2.74. The average Bonchev–Trinajstić information content (AvgIpc) is 2.08. The zero-order valence-corrected chi connectivity index (χ0v) is 7.63. The van der Waals surface area contributed by atoms with E-state index in [2.05, 4.69) is 0 Å². The van der Waals surface area contributed by atoms with Gasteiger partial charge in [-0.3, -0.25) is 4.79 Å². The van der Waals surface area contributed by atoms with E-state index in [0.717, 1.165) is 5.56 Å². The van der Waals surface area contributed by atoms with Gasteiger partial charge < -0.3 is 16.2 Å². The fraction of sp³-hybridized carbons (Fsp3) is 0.222. The lowest BCUT2D eigenvalue weighted by atomic mass is 10.1. The summed E-state index contributed by atoms with van der Waals surface area (Å²) in [7, 11) is 1.47. The zero-order chi connectivity index (χ0) is 10.0. The van der Waals surface area contributed by atoms with Crippen molar-refractivity contribution < 1.29 is 9.53 Å². The molecule has 0 unspecified atom stereocenters. The number of aryl methyl sites for hydroxylation is 1. The second-order valence-corrected chi connectivity index (χ2v) is 2.74. The molecule has 0 aliphatic carbocycles. The molecule has 4 N–H and O–H groups in total. The van der Waals surface area contributed by atoms with Crippen molar-refractivity contribution in [2.24, 2.45) is 5.73 Å². The van der Waals surface area contributed by atoms with Crippen LogP contribution in [0.25, 0.3) is 0 Å². The SMILES string of the molecule is COc1ccc(C)c(N)c1C(N)=O. The number of rotatable bonds is 2. The number of hydrogen-bond acceptors (Lipinski definition) is 3. The van der Waals surface area contributed by atoms with Crippen molar-refractivity contribution in [3.63, 3.8) is 0 Å². The summed E-state index contributed by atoms with van der Waals surface area (Å²) in [6.45, 7) is 1.81. The van der Waals surface area contributed by atoms with Crippen LogP contribution in [-0.4, -0.2) is 13.0 Å². The standard InChI is InChI=1S/C9H12N2O2/c1-5-3-4-6(13-2)7(8(5)10)9(11)12/h3-4H,10H2,1-2H3,(H2,11,12). The van der Waals surface area contributed by atoms with Crippen molar-refractivity contribution in [1.29, 1.82) is 0 Å². The number of benzene rings is 1. The Hall–Kier alpha value is -1.71. The van der Waals surface area contributed by atoms with Gasteiger partial charge in [0.05, 0.1) is 12.8 Å². The van der Waals surface area contributed by atoms with Crippen molar-refractivity contribution in [2.75, 3.05) is 12.8 Å². The van der Waals surface area contributed by atoms with Gasteiger partial charge >= 0.3 is 0 Å². The maximum Gasteiger partial charge on any atom is 0.254 e. The van der Waals surface area contributed by atoms with Crippen LogP contribution in [0.1, 0.15) is 15.9 Å². The van der Waals surface area contributed by atoms with Gasteiger partial charge in [-0.1, -0.05) is 6.07 Å². The molecule has 0 spiro atoms. The summed E-state index contributed by atoms with van der Waals surface area (Å²) in [5.74, 6) is -0.159. The number of primary amides is 1. The molecule has 0 saturated carbocycles. The van der Waals surface area contributed by atoms with Gasteiger partial charge in [-0.2, -0.15) is 0 Å². The number of amides is 1. The molecule has 0 fully saturated rings. The van der Waals surface area contributed by atoms with Gasteiger partial charge in [-0.05, 0) is 18.6 Å². The fourth-order valence-corrected chi connectivity index (χ4v) is 1.13. The molecule has 0 saturated heterocycles. The lowest BCUT2D eigenvalue weighted by Gasteiger charge is -2.09. The van der Waals surface area contributed by atoms with E-state index < -0.39 is 5.91 Å². The number of carbonyl (C=O) groups excluding carboxylic acids is 1. The van der Waals surface area contributed by atoms with Gasteiger partial charge in [0.1, 0.15) is 11.3 Å². The molecule has 0 aliphatic rings. The predicted molar refractivity (Wildman–Crippen MR) is 50.7 cm³/mol. The Morgan fingerprint density at radius 3 is 2.54 bits per heavy atom. The summed E-state index contributed by atoms with van der Waals surface area (Å²) in [6, 6.07) is 3.45. The molecular weight excluding hydrogens is 168 g/mol. The Balaban J connectivity index is 3.41. The molecule has 0 bridgehead atoms. The zero-order valence-electron chi connectivity index (χ0n) is 7.63. The molecule has 70 valence electrons. The Labute approximate surface area is 76.5 Å². The molecule has 1 aromatic carbocycles. The summed E-state index contributed by atoms with van der Waals surface area (Å²) < 4.78 is 4.96. The van der Waals surface area contributed by atoms with Gasteiger partial charge in [-0.15, -0.1) is 0 Å². The van der Waals surface area contributed by atoms with Crippen LogP contribution in [0, 0.1) is 6.92 Å². The smallest absolute Gasteiger partial charge is 0.254 e. The lowest BCUT2D eigenvalue weighted by molar-refractivity contribution is 0.0998. The highest BCUT2D eigenvalue weighted by Crippen LogP contribution is 2.26. The first-order chi connectivity index (χ1) is 6.07. The average molecular weight is 180 g/mol. The lowest BCUT2D eigenvalue weighted by Crippen LogP contribution is -2.15. The number of nitrogen functional groups attached to an aromatic ring is 1. The summed E-state index contributed by atoms with van der Waals surface area (Å²) >= 11 is 0. The monoisotopic (exact) mass is 180 g/mol. The van der Waals surface area contributed by atoms with Crippen molar-refractivity contribution in [1.82, 2.24) is 0 Å². The number of methoxy groups -OCH3 is 1. The van der Waals surface area contributed by atoms with Crippen LogP contribution in [0.2, 0.25) is 0 Å². The van der Waals surface area contributed by atoms with Gasteiger partial charge in [-0.25, -0.2) is 0 Å². The molecule has 1 aromatic rings. The fourth-order valence-electron chi connectivity index (χ4n) is 1.13. The first-order valence-corrected chi connectivity index (χ1v) is 3.80. The number of hydrogen-bond donors (Lipinski definition) is 2. The summed E-state index contributed by atoms with van der Waals surface area (Å²) in [5.41, 5.74) is 12.3. The van der Waals surface area contributed by atoms with Crippen LogP contribution in [0.4, 0.5) is 5.69 Å². The third-order valence-electron chi connectivity index (χ3n) is 1.89. The summed E-state index contributed by atoms with van der Waals surface area (Å²) in [4.78, 5) is 11.0. The Kier molecular flexibility index (Phi) is 2.41. The van der Waals surface area contributed by atoms with Crippen LogP contribution in [0.3, 0.4) is 0 Å². The maximum atomic E-state index is 11.0. The van der Waals surface area contributed by atoms with Gasteiger partial charge in [0.2, 0.25) is 0 Å². The number of carbonyl (C=O) groups is 1. The normalized spacial score (nSPS) is 9.69. The molecule has 0 aromatic heterocycles. The molecular formula is C9H12N2O2. The molecule has 0 atom stereocenters. The molecule has 4 nitrogen and oxygen atoms in total. The Morgan fingerprint density at radius 1 is 1.46 bits per heavy atom. The highest BCUT2D eigenvalue weighted by Gasteiger charge is 2.13. The number of anilines is 1. The molecule has 1 amide bonds. The van der Waals surface area contributed by atoms with Crippen LogP contribution < -0.4 is 16.2 Å². The molecule has 0 radical (unpaired) electrons. The summed E-state index contributed by atoms with van der Waals surface area (Å²) in [5, 5.41) is 0. The summed E-state index contributed by atoms with van der Waals surface area (Å²) in [6.07, 6.45) is 0. The number of nitrogens with two attached hydrogens (primary N) is 2. The first-order valence-electron chi connectivity index (χ1n) is 3.80. The molecule has 13 heavy (non-hydrogen) atoms. The van der Waals surface area contributed by atoms with E-state index in [0.29, 0.717) is 11.4 Å². The van der Waals surface area contributed by atoms with Gasteiger partial charge in [0.25, 0.3) is 5.91 Å². The minimum Gasteiger partial charge on any atom is -0.496 e. The minimum absolute atomic E-state index is 0.252. The van der Waals surface area contributed by atoms with E-state index in [1.54, 1.807) is 19.1 Å². The molecule has 1 rings (SSSR count). The number of ether oxygens (including phenoxy) is 1. The topological polar surface area (TPSA) is 78.3 Å². The first kappa shape index (κ1) is 9.38. The van der Waals surface area contributed by atoms with E-state index >= 15 is 0 Å².